The largest absolute Gasteiger partial charge is 0.461 e. The zero-order chi connectivity index (χ0) is 32.5. The maximum Gasteiger partial charge on any atom is 0.306 e. The number of allylic oxidation sites excluding steroid dienone is 1. The van der Waals surface area contributed by atoms with Crippen LogP contribution in [-0.4, -0.2) is 63.1 Å². The van der Waals surface area contributed by atoms with Gasteiger partial charge in [-0.3, -0.25) is 14.4 Å². The van der Waals surface area contributed by atoms with Gasteiger partial charge in [0.25, 0.3) is 0 Å². The Morgan fingerprint density at radius 3 is 2.14 bits per heavy atom. The van der Waals surface area contributed by atoms with Gasteiger partial charge in [-0.05, 0) is 43.3 Å². The molecule has 2 fully saturated rings. The van der Waals surface area contributed by atoms with Crippen molar-refractivity contribution in [1.82, 2.24) is 0 Å². The molecule has 0 saturated heterocycles. The Morgan fingerprint density at radius 2 is 1.52 bits per heavy atom. The van der Waals surface area contributed by atoms with Gasteiger partial charge in [0.2, 0.25) is 0 Å². The van der Waals surface area contributed by atoms with Gasteiger partial charge in [0.15, 0.2) is 5.78 Å². The zero-order valence-corrected chi connectivity index (χ0v) is 27.8. The first-order valence-electron chi connectivity index (χ1n) is 17.2. The molecule has 0 aromatic carbocycles. The summed E-state index contributed by atoms with van der Waals surface area (Å²) in [6.45, 7) is 11.3. The number of aliphatic hydroxyl groups is 3. The lowest BCUT2D eigenvalue weighted by Gasteiger charge is -2.48. The molecule has 3 N–H and O–H groups in total. The number of ketones is 1. The van der Waals surface area contributed by atoms with Gasteiger partial charge in [0.05, 0.1) is 5.41 Å². The van der Waals surface area contributed by atoms with Crippen LogP contribution in [0, 0.1) is 28.6 Å². The smallest absolute Gasteiger partial charge is 0.306 e. The van der Waals surface area contributed by atoms with Crippen molar-refractivity contribution < 1.29 is 39.2 Å². The molecule has 2 bridgehead atoms. The van der Waals surface area contributed by atoms with Crippen LogP contribution in [0.5, 0.6) is 0 Å². The lowest BCUT2D eigenvalue weighted by molar-refractivity contribution is -0.192. The molecule has 0 radical (unpaired) electrons. The Balaban J connectivity index is 1.58. The van der Waals surface area contributed by atoms with Gasteiger partial charge < -0.3 is 24.8 Å². The summed E-state index contributed by atoms with van der Waals surface area (Å²) < 4.78 is 11.8. The SMILES string of the molecule is CCCCCCCCCCCC(=O)O[C@@]12C[C@@H](C)[C@]34C=C(C)[C@H](O)[C@@]3(O)[C@H](O)C(COC(=O)CCC)=C[C@H](C4=O)[C@H]1C2(C)C. The Morgan fingerprint density at radius 1 is 0.909 bits per heavy atom. The lowest BCUT2D eigenvalue weighted by Crippen LogP contribution is -2.65. The number of carbonyl (C=O) groups is 3. The number of ether oxygens (including phenoxy) is 2. The van der Waals surface area contributed by atoms with Crippen molar-refractivity contribution >= 4 is 17.7 Å². The molecule has 0 aromatic heterocycles. The average Bonchev–Trinajstić information content (AvgIpc) is 3.38. The fourth-order valence-corrected chi connectivity index (χ4v) is 8.99. The van der Waals surface area contributed by atoms with Crippen LogP contribution in [-0.2, 0) is 23.9 Å². The highest BCUT2D eigenvalue weighted by atomic mass is 16.6. The molecule has 44 heavy (non-hydrogen) atoms. The first-order chi connectivity index (χ1) is 20.8. The van der Waals surface area contributed by atoms with Crippen LogP contribution >= 0.6 is 0 Å². The average molecular weight is 617 g/mol. The van der Waals surface area contributed by atoms with Crippen molar-refractivity contribution in [1.29, 1.82) is 0 Å². The van der Waals surface area contributed by atoms with E-state index >= 15 is 0 Å². The van der Waals surface area contributed by atoms with E-state index < -0.39 is 58.0 Å². The van der Waals surface area contributed by atoms with Crippen molar-refractivity contribution in [3.8, 4) is 0 Å². The number of carbonyl (C=O) groups excluding carboxylic acids is 3. The monoisotopic (exact) mass is 616 g/mol. The Hall–Kier alpha value is -2.03. The topological polar surface area (TPSA) is 130 Å². The maximum atomic E-state index is 14.7. The molecule has 0 aliphatic heterocycles. The van der Waals surface area contributed by atoms with Gasteiger partial charge in [-0.2, -0.15) is 0 Å². The minimum absolute atomic E-state index is 0.186. The molecule has 8 atom stereocenters. The minimum Gasteiger partial charge on any atom is -0.461 e. The van der Waals surface area contributed by atoms with Crippen LogP contribution in [0.1, 0.15) is 125 Å². The number of esters is 2. The van der Waals surface area contributed by atoms with E-state index in [1.807, 2.05) is 27.7 Å². The van der Waals surface area contributed by atoms with Gasteiger partial charge in [-0.1, -0.05) is 98.1 Å². The molecule has 4 aliphatic rings. The molecular weight excluding hydrogens is 560 g/mol. The third kappa shape index (κ3) is 5.62. The summed E-state index contributed by atoms with van der Waals surface area (Å²) in [5.41, 5.74) is -4.75. The quantitative estimate of drug-likeness (QED) is 0.120. The second kappa shape index (κ2) is 13.4. The summed E-state index contributed by atoms with van der Waals surface area (Å²) >= 11 is 0. The highest BCUT2D eigenvalue weighted by Gasteiger charge is 2.83. The van der Waals surface area contributed by atoms with Gasteiger partial charge in [0.1, 0.15) is 30.0 Å². The third-order valence-electron chi connectivity index (χ3n) is 11.5. The van der Waals surface area contributed by atoms with E-state index in [1.165, 1.54) is 38.5 Å². The Bertz CT molecular complexity index is 1150. The highest BCUT2D eigenvalue weighted by Crippen LogP contribution is 2.75. The lowest BCUT2D eigenvalue weighted by atomic mass is 9.59. The molecule has 248 valence electrons. The molecule has 1 spiro atoms. The summed E-state index contributed by atoms with van der Waals surface area (Å²) in [7, 11) is 0. The van der Waals surface area contributed by atoms with E-state index in [0.29, 0.717) is 24.8 Å². The van der Waals surface area contributed by atoms with Crippen LogP contribution in [0.25, 0.3) is 0 Å². The second-order valence-electron chi connectivity index (χ2n) is 14.7. The standard InChI is InChI=1S/C36H56O8/c1-7-9-10-11-12-13-14-15-16-18-28(38)44-35-21-24(4)34-20-23(3)30(39)36(34,42)31(40)25(22-43-27(37)17-8-2)19-26(32(34)41)29(35)33(35,5)6/h19-20,24,26,29-31,39-40,42H,7-18,21-22H2,1-6H3/t24-,26+,29+,30+,31-,34+,35+,36-/m1/s1. The van der Waals surface area contributed by atoms with E-state index in [4.69, 9.17) is 9.47 Å². The predicted molar refractivity (Wildman–Crippen MR) is 167 cm³/mol. The third-order valence-corrected chi connectivity index (χ3v) is 11.5. The van der Waals surface area contributed by atoms with E-state index in [2.05, 4.69) is 6.92 Å². The summed E-state index contributed by atoms with van der Waals surface area (Å²) in [5.74, 6) is -2.79. The normalized spacial score (nSPS) is 36.8. The summed E-state index contributed by atoms with van der Waals surface area (Å²) in [5, 5.41) is 35.3. The molecule has 0 unspecified atom stereocenters. The molecule has 4 rings (SSSR count). The van der Waals surface area contributed by atoms with Crippen molar-refractivity contribution in [3.05, 3.63) is 23.3 Å². The van der Waals surface area contributed by atoms with Gasteiger partial charge in [-0.25, -0.2) is 0 Å². The molecule has 0 heterocycles. The van der Waals surface area contributed by atoms with Gasteiger partial charge >= 0.3 is 11.9 Å². The van der Waals surface area contributed by atoms with E-state index in [0.717, 1.165) is 19.3 Å². The van der Waals surface area contributed by atoms with Gasteiger partial charge in [-0.15, -0.1) is 0 Å². The number of unbranched alkanes of at least 4 members (excludes halogenated alkanes) is 8. The maximum absolute atomic E-state index is 14.7. The van der Waals surface area contributed by atoms with Crippen LogP contribution in [0.2, 0.25) is 0 Å². The fourth-order valence-electron chi connectivity index (χ4n) is 8.99. The van der Waals surface area contributed by atoms with Crippen molar-refractivity contribution in [3.63, 3.8) is 0 Å². The summed E-state index contributed by atoms with van der Waals surface area (Å²) in [6.07, 6.45) is 11.9. The van der Waals surface area contributed by atoms with Crippen molar-refractivity contribution in [2.24, 2.45) is 28.6 Å². The molecule has 4 aliphatic carbocycles. The van der Waals surface area contributed by atoms with Crippen LogP contribution in [0.4, 0.5) is 0 Å². The number of aliphatic hydroxyl groups excluding tert-OH is 2. The van der Waals surface area contributed by atoms with Crippen LogP contribution in [0.15, 0.2) is 23.3 Å². The summed E-state index contributed by atoms with van der Waals surface area (Å²) in [4.78, 5) is 40.3. The Kier molecular flexibility index (Phi) is 10.6. The number of hydrogen-bond acceptors (Lipinski definition) is 8. The first-order valence-corrected chi connectivity index (χ1v) is 17.2. The molecule has 2 saturated carbocycles. The zero-order valence-electron chi connectivity index (χ0n) is 27.8. The number of Topliss-reactive ketones (excluding diaryl/α,β-unsaturated/α-hetero) is 1. The molecule has 0 aromatic rings. The predicted octanol–water partition coefficient (Wildman–Crippen LogP) is 5.75. The summed E-state index contributed by atoms with van der Waals surface area (Å²) in [6, 6.07) is 0. The fraction of sp³-hybridized carbons (Fsp3) is 0.806. The number of fused-ring (bicyclic) bond motifs is 3. The van der Waals surface area contributed by atoms with Gasteiger partial charge in [0, 0.05) is 30.1 Å². The second-order valence-corrected chi connectivity index (χ2v) is 14.7. The molecule has 8 nitrogen and oxygen atoms in total. The van der Waals surface area contributed by atoms with Crippen molar-refractivity contribution in [2.75, 3.05) is 6.61 Å². The molecule has 0 amide bonds. The van der Waals surface area contributed by atoms with Crippen molar-refractivity contribution in [2.45, 2.75) is 148 Å². The minimum atomic E-state index is -2.26. The Labute approximate surface area is 263 Å². The van der Waals surface area contributed by atoms with E-state index in [1.54, 1.807) is 19.1 Å². The number of rotatable bonds is 15. The van der Waals surface area contributed by atoms with Crippen LogP contribution in [0.3, 0.4) is 0 Å². The number of hydrogen-bond donors (Lipinski definition) is 3. The first kappa shape index (κ1) is 34.8. The van der Waals surface area contributed by atoms with Crippen LogP contribution < -0.4 is 0 Å². The van der Waals surface area contributed by atoms with E-state index in [-0.39, 0.29) is 30.4 Å². The van der Waals surface area contributed by atoms with E-state index in [9.17, 15) is 29.7 Å². The highest BCUT2D eigenvalue weighted by molar-refractivity contribution is 5.96. The molecular formula is C36H56O8. The molecule has 8 heteroatoms.